The van der Waals surface area contributed by atoms with Crippen LogP contribution in [0.5, 0.6) is 0 Å². The van der Waals surface area contributed by atoms with Gasteiger partial charge in [0.1, 0.15) is 4.60 Å². The first kappa shape index (κ1) is 22.3. The third-order valence-corrected chi connectivity index (χ3v) is 4.53. The molecular weight excluding hydrogens is 817 g/mol. The Kier molecular flexibility index (Phi) is 12.2. The Bertz CT molecular complexity index is 481. The zero-order valence-corrected chi connectivity index (χ0v) is 22.4. The normalized spacial score (nSPS) is 10.2. The molecule has 0 aromatic carbocycles. The number of aryl methyl sites for hydroxylation is 2. The molecule has 0 bridgehead atoms. The minimum absolute atomic E-state index is 0.250. The van der Waals surface area contributed by atoms with Crippen LogP contribution in [0.2, 0.25) is 0 Å². The standard InChI is InChI=1S/C4H4BrIN2.C4H5IN2.CBr4/c1-8-4(5)3(6)2-7-8;1-7-3-4(5)2-6-7;2-1(3,4)5/h2H,1H3;2-3H,1H3;. The molecule has 0 spiro atoms. The number of aromatic nitrogens is 4. The van der Waals surface area contributed by atoms with Crippen LogP contribution >= 0.6 is 125 Å². The second-order valence-corrected chi connectivity index (χ2v) is 17.5. The van der Waals surface area contributed by atoms with Crippen LogP contribution in [0.1, 0.15) is 0 Å². The maximum absolute atomic E-state index is 3.98. The number of hydrogen-bond donors (Lipinski definition) is 0. The van der Waals surface area contributed by atoms with E-state index in [2.05, 4.69) is 135 Å². The molecule has 11 heteroatoms. The Hall–Kier alpha value is 2.28. The van der Waals surface area contributed by atoms with Gasteiger partial charge in [0, 0.05) is 20.3 Å². The van der Waals surface area contributed by atoms with Crippen molar-refractivity contribution in [2.45, 2.75) is 1.05 Å². The quantitative estimate of drug-likeness (QED) is 0.242. The second-order valence-electron chi connectivity index (χ2n) is 3.17. The van der Waals surface area contributed by atoms with Gasteiger partial charge in [-0.2, -0.15) is 10.2 Å². The van der Waals surface area contributed by atoms with Crippen LogP contribution in [0.25, 0.3) is 0 Å². The van der Waals surface area contributed by atoms with Gasteiger partial charge in [0.15, 0.2) is 1.05 Å². The summed E-state index contributed by atoms with van der Waals surface area (Å²) in [4.78, 5) is 0. The summed E-state index contributed by atoms with van der Waals surface area (Å²) in [6, 6.07) is 0. The van der Waals surface area contributed by atoms with Gasteiger partial charge >= 0.3 is 0 Å². The molecule has 114 valence electrons. The Labute approximate surface area is 187 Å². The van der Waals surface area contributed by atoms with Gasteiger partial charge in [-0.1, -0.05) is 0 Å². The summed E-state index contributed by atoms with van der Waals surface area (Å²) in [6.45, 7) is 0. The van der Waals surface area contributed by atoms with Crippen LogP contribution < -0.4 is 0 Å². The largest absolute Gasteiger partial charge is 0.275 e. The number of alkyl halides is 4. The lowest BCUT2D eigenvalue weighted by Crippen LogP contribution is -1.88. The number of nitrogens with zero attached hydrogens (tertiary/aromatic N) is 4. The lowest BCUT2D eigenvalue weighted by molar-refractivity contribution is 0.749. The lowest BCUT2D eigenvalue weighted by atomic mass is 10.8. The van der Waals surface area contributed by atoms with Gasteiger partial charge in [-0.05, 0) is 125 Å². The van der Waals surface area contributed by atoms with E-state index in [1.807, 2.05) is 32.7 Å². The molecule has 2 heterocycles. The molecule has 0 aliphatic carbocycles. The summed E-state index contributed by atoms with van der Waals surface area (Å²) < 4.78 is 6.67. The summed E-state index contributed by atoms with van der Waals surface area (Å²) in [7, 11) is 3.80. The van der Waals surface area contributed by atoms with Gasteiger partial charge in [-0.3, -0.25) is 9.36 Å². The van der Waals surface area contributed by atoms with Crippen LogP contribution in [-0.2, 0) is 14.1 Å². The molecule has 2 aromatic rings. The van der Waals surface area contributed by atoms with Crippen LogP contribution in [-0.4, -0.2) is 20.6 Å². The minimum Gasteiger partial charge on any atom is -0.275 e. The third kappa shape index (κ3) is 12.8. The van der Waals surface area contributed by atoms with Gasteiger partial charge in [0.25, 0.3) is 0 Å². The summed E-state index contributed by atoms with van der Waals surface area (Å²) in [6.07, 6.45) is 5.59. The fourth-order valence-corrected chi connectivity index (χ4v) is 1.98. The lowest BCUT2D eigenvalue weighted by Gasteiger charge is -1.93. The molecule has 0 radical (unpaired) electrons. The smallest absolute Gasteiger partial charge is 0.189 e. The van der Waals surface area contributed by atoms with Crippen LogP contribution in [0.4, 0.5) is 0 Å². The van der Waals surface area contributed by atoms with E-state index in [0.717, 1.165) is 8.17 Å². The highest BCUT2D eigenvalue weighted by atomic mass is 127. The number of hydrogen-bond acceptors (Lipinski definition) is 2. The molecule has 0 saturated carbocycles. The number of rotatable bonds is 0. The van der Waals surface area contributed by atoms with Crippen molar-refractivity contribution in [2.24, 2.45) is 14.1 Å². The first-order chi connectivity index (χ1) is 9.00. The average molecular weight is 827 g/mol. The van der Waals surface area contributed by atoms with E-state index >= 15 is 0 Å². The molecule has 0 unspecified atom stereocenters. The maximum Gasteiger partial charge on any atom is 0.189 e. The monoisotopic (exact) mass is 821 g/mol. The first-order valence-electron chi connectivity index (χ1n) is 4.73. The van der Waals surface area contributed by atoms with Crippen LogP contribution in [0, 0.1) is 7.14 Å². The Morgan fingerprint density at radius 2 is 1.55 bits per heavy atom. The fraction of sp³-hybridized carbons (Fsp3) is 0.333. The Morgan fingerprint density at radius 3 is 1.65 bits per heavy atom. The second kappa shape index (κ2) is 10.9. The van der Waals surface area contributed by atoms with Gasteiger partial charge in [-0.15, -0.1) is 0 Å². The van der Waals surface area contributed by atoms with Gasteiger partial charge in [-0.25, -0.2) is 0 Å². The van der Waals surface area contributed by atoms with E-state index in [9.17, 15) is 0 Å². The highest BCUT2D eigenvalue weighted by Crippen LogP contribution is 2.39. The van der Waals surface area contributed by atoms with Crippen molar-refractivity contribution in [1.29, 1.82) is 0 Å². The van der Waals surface area contributed by atoms with Crippen LogP contribution in [0.3, 0.4) is 0 Å². The molecule has 0 N–H and O–H groups in total. The average Bonchev–Trinajstić information content (AvgIpc) is 2.78. The van der Waals surface area contributed by atoms with Crippen molar-refractivity contribution in [1.82, 2.24) is 19.6 Å². The summed E-state index contributed by atoms with van der Waals surface area (Å²) in [5, 5.41) is 7.90. The molecule has 4 nitrogen and oxygen atoms in total. The third-order valence-electron chi connectivity index (χ3n) is 1.50. The molecule has 2 aromatic heterocycles. The molecule has 0 aliphatic heterocycles. The molecule has 0 atom stereocenters. The van der Waals surface area contributed by atoms with E-state index in [1.54, 1.807) is 9.36 Å². The van der Waals surface area contributed by atoms with Crippen LogP contribution in [0.15, 0.2) is 23.2 Å². The van der Waals surface area contributed by atoms with E-state index in [0.29, 0.717) is 0 Å². The molecule has 20 heavy (non-hydrogen) atoms. The van der Waals surface area contributed by atoms with E-state index in [-0.39, 0.29) is 1.05 Å². The Morgan fingerprint density at radius 1 is 1.05 bits per heavy atom. The Balaban J connectivity index is 0.000000280. The van der Waals surface area contributed by atoms with Crippen molar-refractivity contribution < 1.29 is 0 Å². The van der Waals surface area contributed by atoms with Crippen molar-refractivity contribution in [3.63, 3.8) is 0 Å². The number of halogens is 7. The van der Waals surface area contributed by atoms with E-state index in [4.69, 9.17) is 0 Å². The van der Waals surface area contributed by atoms with Gasteiger partial charge in [0.2, 0.25) is 0 Å². The minimum atomic E-state index is -0.250. The fourth-order valence-electron chi connectivity index (χ4n) is 0.787. The first-order valence-corrected chi connectivity index (χ1v) is 10.9. The van der Waals surface area contributed by atoms with Crippen molar-refractivity contribution in [3.8, 4) is 0 Å². The topological polar surface area (TPSA) is 35.6 Å². The highest BCUT2D eigenvalue weighted by Gasteiger charge is 2.08. The molecule has 0 amide bonds. The molecule has 0 fully saturated rings. The van der Waals surface area contributed by atoms with Gasteiger partial charge < -0.3 is 0 Å². The van der Waals surface area contributed by atoms with Gasteiger partial charge in [0.05, 0.1) is 19.5 Å². The van der Waals surface area contributed by atoms with Crippen molar-refractivity contribution >= 4 is 125 Å². The SMILES string of the molecule is BrC(Br)(Br)Br.Cn1cc(I)cn1.Cn1ncc(I)c1Br. The zero-order valence-electron chi connectivity index (χ0n) is 10.2. The maximum atomic E-state index is 3.98. The predicted octanol–water partition coefficient (Wildman–Crippen LogP) is 5.99. The molecule has 0 aliphatic rings. The van der Waals surface area contributed by atoms with E-state index < -0.39 is 0 Å². The molecule has 2 rings (SSSR count). The predicted molar refractivity (Wildman–Crippen MR) is 118 cm³/mol. The summed E-state index contributed by atoms with van der Waals surface area (Å²) in [5.41, 5.74) is 0. The van der Waals surface area contributed by atoms with E-state index in [1.165, 1.54) is 3.57 Å². The molecule has 0 saturated heterocycles. The molecular formula is C9H9Br5I2N4. The summed E-state index contributed by atoms with van der Waals surface area (Å²) >= 11 is 20.3. The summed E-state index contributed by atoms with van der Waals surface area (Å²) in [5.74, 6) is 0. The van der Waals surface area contributed by atoms with Crippen molar-refractivity contribution in [3.05, 3.63) is 30.3 Å². The zero-order chi connectivity index (χ0) is 15.9. The highest BCUT2D eigenvalue weighted by molar-refractivity contribution is 14.1. The van der Waals surface area contributed by atoms with Crippen molar-refractivity contribution in [2.75, 3.05) is 0 Å².